The molecular formula is C9H9N5. The Balaban J connectivity index is 0.000000128. The van der Waals surface area contributed by atoms with E-state index < -0.39 is 0 Å². The van der Waals surface area contributed by atoms with Crippen LogP contribution in [0, 0.1) is 0 Å². The minimum absolute atomic E-state index is 0.775. The molecule has 0 aliphatic heterocycles. The molecule has 0 unspecified atom stereocenters. The molecule has 0 amide bonds. The lowest BCUT2D eigenvalue weighted by Crippen LogP contribution is -1.71. The van der Waals surface area contributed by atoms with Gasteiger partial charge >= 0.3 is 0 Å². The quantitative estimate of drug-likeness (QED) is 0.558. The second-order valence-electron chi connectivity index (χ2n) is 2.54. The van der Waals surface area contributed by atoms with Gasteiger partial charge in [-0.1, -0.05) is 0 Å². The molecule has 5 heteroatoms. The van der Waals surface area contributed by atoms with Crippen molar-refractivity contribution in [2.24, 2.45) is 0 Å². The molecule has 0 saturated heterocycles. The van der Waals surface area contributed by atoms with Gasteiger partial charge in [0.1, 0.15) is 0 Å². The molecule has 3 rings (SSSR count). The SMILES string of the molecule is c1c[nH]cn1.c1cnc2nc[nH]c2c1. The Morgan fingerprint density at radius 2 is 2.07 bits per heavy atom. The van der Waals surface area contributed by atoms with E-state index in [1.54, 1.807) is 31.2 Å². The summed E-state index contributed by atoms with van der Waals surface area (Å²) in [5, 5.41) is 0. The molecular weight excluding hydrogens is 178 g/mol. The number of aromatic amines is 2. The molecule has 0 aliphatic carbocycles. The zero-order chi connectivity index (χ0) is 9.64. The van der Waals surface area contributed by atoms with E-state index in [1.807, 2.05) is 12.1 Å². The molecule has 0 atom stereocenters. The Hall–Kier alpha value is -2.17. The number of aromatic nitrogens is 5. The van der Waals surface area contributed by atoms with Gasteiger partial charge in [-0.15, -0.1) is 0 Å². The second kappa shape index (κ2) is 4.18. The topological polar surface area (TPSA) is 70.2 Å². The molecule has 3 heterocycles. The maximum atomic E-state index is 4.00. The van der Waals surface area contributed by atoms with Gasteiger partial charge in [0.15, 0.2) is 5.65 Å². The average molecular weight is 187 g/mol. The van der Waals surface area contributed by atoms with E-state index in [2.05, 4.69) is 24.9 Å². The molecule has 0 radical (unpaired) electrons. The Bertz CT molecular complexity index is 423. The minimum Gasteiger partial charge on any atom is -0.351 e. The first kappa shape index (κ1) is 8.43. The first-order chi connectivity index (χ1) is 6.97. The van der Waals surface area contributed by atoms with E-state index in [4.69, 9.17) is 0 Å². The molecule has 0 aromatic carbocycles. The molecule has 0 aliphatic rings. The van der Waals surface area contributed by atoms with Crippen LogP contribution >= 0.6 is 0 Å². The summed E-state index contributed by atoms with van der Waals surface area (Å²) in [6.07, 6.45) is 8.45. The fourth-order valence-electron chi connectivity index (χ4n) is 0.991. The molecule has 5 nitrogen and oxygen atoms in total. The van der Waals surface area contributed by atoms with E-state index in [9.17, 15) is 0 Å². The highest BCUT2D eigenvalue weighted by Gasteiger charge is 1.90. The first-order valence-electron chi connectivity index (χ1n) is 4.13. The van der Waals surface area contributed by atoms with Crippen LogP contribution < -0.4 is 0 Å². The summed E-state index contributed by atoms with van der Waals surface area (Å²) in [4.78, 5) is 17.3. The van der Waals surface area contributed by atoms with Crippen LogP contribution in [0.3, 0.4) is 0 Å². The summed E-state index contributed by atoms with van der Waals surface area (Å²) in [5.74, 6) is 0. The summed E-state index contributed by atoms with van der Waals surface area (Å²) >= 11 is 0. The van der Waals surface area contributed by atoms with Crippen molar-refractivity contribution in [3.8, 4) is 0 Å². The van der Waals surface area contributed by atoms with E-state index in [0.29, 0.717) is 0 Å². The summed E-state index contributed by atoms with van der Waals surface area (Å²) in [7, 11) is 0. The summed E-state index contributed by atoms with van der Waals surface area (Å²) in [6, 6.07) is 3.82. The lowest BCUT2D eigenvalue weighted by atomic mass is 10.4. The molecule has 2 N–H and O–H groups in total. The first-order valence-corrected chi connectivity index (χ1v) is 4.13. The van der Waals surface area contributed by atoms with Gasteiger partial charge in [-0.05, 0) is 12.1 Å². The molecule has 14 heavy (non-hydrogen) atoms. The van der Waals surface area contributed by atoms with Crippen LogP contribution in [0.15, 0.2) is 43.4 Å². The average Bonchev–Trinajstić information content (AvgIpc) is 2.92. The van der Waals surface area contributed by atoms with Gasteiger partial charge in [0.05, 0.1) is 18.2 Å². The van der Waals surface area contributed by atoms with E-state index in [0.717, 1.165) is 11.2 Å². The monoisotopic (exact) mass is 187 g/mol. The Labute approximate surface area is 80.3 Å². The highest BCUT2D eigenvalue weighted by molar-refractivity contribution is 5.68. The number of hydrogen-bond acceptors (Lipinski definition) is 3. The highest BCUT2D eigenvalue weighted by atomic mass is 14.9. The van der Waals surface area contributed by atoms with Gasteiger partial charge in [-0.3, -0.25) is 0 Å². The fraction of sp³-hybridized carbons (Fsp3) is 0. The van der Waals surface area contributed by atoms with Crippen molar-refractivity contribution in [1.29, 1.82) is 0 Å². The summed E-state index contributed by atoms with van der Waals surface area (Å²) in [5.41, 5.74) is 1.76. The Kier molecular flexibility index (Phi) is 2.51. The van der Waals surface area contributed by atoms with Crippen LogP contribution in [0.1, 0.15) is 0 Å². The van der Waals surface area contributed by atoms with Crippen molar-refractivity contribution >= 4 is 11.2 Å². The van der Waals surface area contributed by atoms with Crippen molar-refractivity contribution in [2.75, 3.05) is 0 Å². The van der Waals surface area contributed by atoms with Crippen LogP contribution in [0.5, 0.6) is 0 Å². The maximum Gasteiger partial charge on any atom is 0.177 e. The van der Waals surface area contributed by atoms with Crippen LogP contribution in [0.4, 0.5) is 0 Å². The zero-order valence-electron chi connectivity index (χ0n) is 7.38. The number of rotatable bonds is 0. The maximum absolute atomic E-state index is 4.00. The van der Waals surface area contributed by atoms with Gasteiger partial charge in [-0.2, -0.15) is 0 Å². The molecule has 3 aromatic heterocycles. The van der Waals surface area contributed by atoms with E-state index in [1.165, 1.54) is 0 Å². The third-order valence-electron chi connectivity index (χ3n) is 1.60. The Morgan fingerprint density at radius 3 is 2.71 bits per heavy atom. The minimum atomic E-state index is 0.775. The predicted molar refractivity (Wildman–Crippen MR) is 52.5 cm³/mol. The van der Waals surface area contributed by atoms with Crippen molar-refractivity contribution in [3.63, 3.8) is 0 Å². The van der Waals surface area contributed by atoms with Gasteiger partial charge in [0.25, 0.3) is 0 Å². The van der Waals surface area contributed by atoms with Crippen LogP contribution in [-0.4, -0.2) is 24.9 Å². The van der Waals surface area contributed by atoms with Crippen LogP contribution in [0.25, 0.3) is 11.2 Å². The Morgan fingerprint density at radius 1 is 1.07 bits per heavy atom. The van der Waals surface area contributed by atoms with Crippen molar-refractivity contribution in [3.05, 3.63) is 43.4 Å². The zero-order valence-corrected chi connectivity index (χ0v) is 7.38. The van der Waals surface area contributed by atoms with Crippen molar-refractivity contribution in [2.45, 2.75) is 0 Å². The second-order valence-corrected chi connectivity index (χ2v) is 2.54. The third-order valence-corrected chi connectivity index (χ3v) is 1.60. The standard InChI is InChI=1S/C6H5N3.C3H4N2/c1-2-5-6(7-3-1)9-4-8-5;1-2-5-3-4-1/h1-4H,(H,7,8,9);1-3H,(H,4,5). The largest absolute Gasteiger partial charge is 0.351 e. The lowest BCUT2D eigenvalue weighted by molar-refractivity contribution is 1.30. The third kappa shape index (κ3) is 1.95. The number of imidazole rings is 2. The van der Waals surface area contributed by atoms with Crippen molar-refractivity contribution in [1.82, 2.24) is 24.9 Å². The molecule has 0 saturated carbocycles. The summed E-state index contributed by atoms with van der Waals surface area (Å²) in [6.45, 7) is 0. The molecule has 0 bridgehead atoms. The number of pyridine rings is 1. The number of nitrogens with zero attached hydrogens (tertiary/aromatic N) is 3. The van der Waals surface area contributed by atoms with Crippen LogP contribution in [0.2, 0.25) is 0 Å². The lowest BCUT2D eigenvalue weighted by Gasteiger charge is -1.80. The number of fused-ring (bicyclic) bond motifs is 1. The van der Waals surface area contributed by atoms with Crippen LogP contribution in [-0.2, 0) is 0 Å². The molecule has 70 valence electrons. The van der Waals surface area contributed by atoms with E-state index in [-0.39, 0.29) is 0 Å². The molecule has 0 spiro atoms. The molecule has 0 fully saturated rings. The van der Waals surface area contributed by atoms with Gasteiger partial charge in [0.2, 0.25) is 0 Å². The van der Waals surface area contributed by atoms with Crippen molar-refractivity contribution < 1.29 is 0 Å². The van der Waals surface area contributed by atoms with Gasteiger partial charge < -0.3 is 9.97 Å². The molecule has 3 aromatic rings. The van der Waals surface area contributed by atoms with Gasteiger partial charge in [0, 0.05) is 18.6 Å². The smallest absolute Gasteiger partial charge is 0.177 e. The van der Waals surface area contributed by atoms with E-state index >= 15 is 0 Å². The highest BCUT2D eigenvalue weighted by Crippen LogP contribution is 2.01. The summed E-state index contributed by atoms with van der Waals surface area (Å²) < 4.78 is 0. The fourth-order valence-corrected chi connectivity index (χ4v) is 0.991. The number of H-pyrrole nitrogens is 2. The number of nitrogens with one attached hydrogen (secondary N) is 2. The number of hydrogen-bond donors (Lipinski definition) is 2. The normalized spacial score (nSPS) is 9.43. The predicted octanol–water partition coefficient (Wildman–Crippen LogP) is 1.37. The van der Waals surface area contributed by atoms with Gasteiger partial charge in [-0.25, -0.2) is 15.0 Å².